The van der Waals surface area contributed by atoms with E-state index in [2.05, 4.69) is 15.2 Å². The van der Waals surface area contributed by atoms with Crippen molar-refractivity contribution in [1.29, 1.82) is 5.26 Å². The molecular weight excluding hydrogens is 255 g/mol. The number of fused-ring (bicyclic) bond motifs is 1. The van der Waals surface area contributed by atoms with Crippen LogP contribution in [-0.2, 0) is 0 Å². The fourth-order valence-corrected chi connectivity index (χ4v) is 1.88. The molecule has 96 valence electrons. The van der Waals surface area contributed by atoms with E-state index in [0.29, 0.717) is 16.9 Å². The van der Waals surface area contributed by atoms with Crippen molar-refractivity contribution in [1.82, 2.24) is 15.2 Å². The molecule has 5 heteroatoms. The molecule has 0 saturated heterocycles. The number of hydrogen-bond acceptors (Lipinski definition) is 3. The highest BCUT2D eigenvalue weighted by Gasteiger charge is 2.05. The van der Waals surface area contributed by atoms with Crippen LogP contribution in [-0.4, -0.2) is 15.2 Å². The van der Waals surface area contributed by atoms with E-state index in [-0.39, 0.29) is 5.82 Å². The zero-order chi connectivity index (χ0) is 13.9. The highest BCUT2D eigenvalue weighted by Crippen LogP contribution is 2.16. The number of rotatable bonds is 2. The monoisotopic (exact) mass is 264 g/mol. The Morgan fingerprint density at radius 2 is 2.10 bits per heavy atom. The summed E-state index contributed by atoms with van der Waals surface area (Å²) in [5, 5.41) is 15.8. The van der Waals surface area contributed by atoms with Gasteiger partial charge in [-0.3, -0.25) is 5.10 Å². The van der Waals surface area contributed by atoms with Crippen molar-refractivity contribution in [3.63, 3.8) is 0 Å². The Morgan fingerprint density at radius 3 is 2.90 bits per heavy atom. The lowest BCUT2D eigenvalue weighted by Crippen LogP contribution is -1.83. The summed E-state index contributed by atoms with van der Waals surface area (Å²) < 4.78 is 13.1. The van der Waals surface area contributed by atoms with Crippen molar-refractivity contribution in [2.24, 2.45) is 0 Å². The van der Waals surface area contributed by atoms with Crippen molar-refractivity contribution in [2.75, 3.05) is 0 Å². The van der Waals surface area contributed by atoms with Crippen molar-refractivity contribution in [2.45, 2.75) is 0 Å². The molecule has 0 atom stereocenters. The maximum Gasteiger partial charge on any atom is 0.141 e. The molecule has 0 aliphatic heterocycles. The van der Waals surface area contributed by atoms with Crippen LogP contribution < -0.4 is 0 Å². The standard InChI is InChI=1S/C15H9FN4/c16-11-3-1-2-10(8-11)4-6-13-15-14(20-19-13)7-5-12(9-17)18-15/h1-8H,(H,19,20). The first-order chi connectivity index (χ1) is 9.76. The summed E-state index contributed by atoms with van der Waals surface area (Å²) in [4.78, 5) is 4.20. The summed E-state index contributed by atoms with van der Waals surface area (Å²) in [5.41, 5.74) is 3.05. The molecule has 2 aromatic heterocycles. The Hall–Kier alpha value is -3.00. The van der Waals surface area contributed by atoms with Crippen molar-refractivity contribution >= 4 is 23.2 Å². The quantitative estimate of drug-likeness (QED) is 0.773. The van der Waals surface area contributed by atoms with Gasteiger partial charge in [-0.2, -0.15) is 10.4 Å². The number of halogens is 1. The smallest absolute Gasteiger partial charge is 0.141 e. The van der Waals surface area contributed by atoms with E-state index < -0.39 is 0 Å². The number of nitrogens with zero attached hydrogens (tertiary/aromatic N) is 3. The molecule has 0 bridgehead atoms. The summed E-state index contributed by atoms with van der Waals surface area (Å²) in [5.74, 6) is -0.288. The molecule has 3 rings (SSSR count). The van der Waals surface area contributed by atoms with Gasteiger partial charge in [-0.25, -0.2) is 9.37 Å². The third kappa shape index (κ3) is 2.27. The number of aromatic nitrogens is 3. The van der Waals surface area contributed by atoms with Crippen LogP contribution in [0.4, 0.5) is 4.39 Å². The average molecular weight is 264 g/mol. The second-order valence-corrected chi connectivity index (χ2v) is 4.20. The predicted molar refractivity (Wildman–Crippen MR) is 73.9 cm³/mol. The summed E-state index contributed by atoms with van der Waals surface area (Å²) >= 11 is 0. The van der Waals surface area contributed by atoms with Crippen molar-refractivity contribution in [3.05, 3.63) is 59.2 Å². The molecule has 2 heterocycles. The molecule has 20 heavy (non-hydrogen) atoms. The van der Waals surface area contributed by atoms with Gasteiger partial charge in [0, 0.05) is 0 Å². The molecule has 0 radical (unpaired) electrons. The number of nitrogens with one attached hydrogen (secondary N) is 1. The minimum absolute atomic E-state index is 0.288. The van der Waals surface area contributed by atoms with Gasteiger partial charge in [-0.05, 0) is 35.9 Å². The topological polar surface area (TPSA) is 65.4 Å². The fourth-order valence-electron chi connectivity index (χ4n) is 1.88. The summed E-state index contributed by atoms with van der Waals surface area (Å²) in [6.45, 7) is 0. The number of hydrogen-bond donors (Lipinski definition) is 1. The second kappa shape index (κ2) is 4.94. The van der Waals surface area contributed by atoms with Gasteiger partial charge < -0.3 is 0 Å². The Balaban J connectivity index is 2.00. The number of aromatic amines is 1. The zero-order valence-corrected chi connectivity index (χ0v) is 10.3. The maximum atomic E-state index is 13.1. The Bertz CT molecular complexity index is 842. The highest BCUT2D eigenvalue weighted by atomic mass is 19.1. The van der Waals surface area contributed by atoms with E-state index in [1.165, 1.54) is 12.1 Å². The summed E-state index contributed by atoms with van der Waals surface area (Å²) in [6, 6.07) is 11.6. The lowest BCUT2D eigenvalue weighted by Gasteiger charge is -1.93. The third-order valence-corrected chi connectivity index (χ3v) is 2.83. The average Bonchev–Trinajstić information content (AvgIpc) is 2.87. The summed E-state index contributed by atoms with van der Waals surface area (Å²) in [7, 11) is 0. The third-order valence-electron chi connectivity index (χ3n) is 2.83. The molecule has 0 unspecified atom stereocenters. The molecule has 0 fully saturated rings. The van der Waals surface area contributed by atoms with Gasteiger partial charge in [0.25, 0.3) is 0 Å². The second-order valence-electron chi connectivity index (χ2n) is 4.20. The van der Waals surface area contributed by atoms with E-state index >= 15 is 0 Å². The molecule has 0 aliphatic carbocycles. The Morgan fingerprint density at radius 1 is 1.20 bits per heavy atom. The van der Waals surface area contributed by atoms with Gasteiger partial charge in [0.2, 0.25) is 0 Å². The molecule has 0 aliphatic rings. The van der Waals surface area contributed by atoms with E-state index in [0.717, 1.165) is 11.1 Å². The van der Waals surface area contributed by atoms with Crippen LogP contribution in [0.5, 0.6) is 0 Å². The molecule has 1 aromatic carbocycles. The van der Waals surface area contributed by atoms with Gasteiger partial charge in [0.15, 0.2) is 0 Å². The normalized spacial score (nSPS) is 11.0. The number of pyridine rings is 1. The van der Waals surface area contributed by atoms with Crippen LogP contribution in [0.3, 0.4) is 0 Å². The van der Waals surface area contributed by atoms with Crippen LogP contribution in [0, 0.1) is 17.1 Å². The molecule has 0 amide bonds. The van der Waals surface area contributed by atoms with Crippen molar-refractivity contribution < 1.29 is 4.39 Å². The number of nitriles is 1. The maximum absolute atomic E-state index is 13.1. The predicted octanol–water partition coefficient (Wildman–Crippen LogP) is 3.14. The lowest BCUT2D eigenvalue weighted by molar-refractivity contribution is 0.627. The van der Waals surface area contributed by atoms with Gasteiger partial charge in [-0.1, -0.05) is 18.2 Å². The fraction of sp³-hybridized carbons (Fsp3) is 0. The Kier molecular flexibility index (Phi) is 2.98. The largest absolute Gasteiger partial charge is 0.276 e. The number of H-pyrrole nitrogens is 1. The van der Waals surface area contributed by atoms with E-state index in [4.69, 9.17) is 5.26 Å². The molecule has 0 saturated carbocycles. The first-order valence-corrected chi connectivity index (χ1v) is 5.95. The minimum Gasteiger partial charge on any atom is -0.276 e. The van der Waals surface area contributed by atoms with Gasteiger partial charge in [0.1, 0.15) is 28.8 Å². The van der Waals surface area contributed by atoms with E-state index in [1.807, 2.05) is 6.07 Å². The Labute approximate surface area is 114 Å². The van der Waals surface area contributed by atoms with Crippen LogP contribution in [0.15, 0.2) is 36.4 Å². The summed E-state index contributed by atoms with van der Waals surface area (Å²) in [6.07, 6.45) is 3.49. The van der Waals surface area contributed by atoms with Gasteiger partial charge >= 0.3 is 0 Å². The van der Waals surface area contributed by atoms with Crippen molar-refractivity contribution in [3.8, 4) is 6.07 Å². The SMILES string of the molecule is N#Cc1ccc2[nH]nc(C=Cc3cccc(F)c3)c2n1. The highest BCUT2D eigenvalue weighted by molar-refractivity contribution is 5.86. The van der Waals surface area contributed by atoms with Crippen LogP contribution in [0.2, 0.25) is 0 Å². The van der Waals surface area contributed by atoms with Gasteiger partial charge in [-0.15, -0.1) is 0 Å². The number of benzene rings is 1. The van der Waals surface area contributed by atoms with Crippen LogP contribution in [0.25, 0.3) is 23.2 Å². The first-order valence-electron chi connectivity index (χ1n) is 5.95. The molecule has 0 spiro atoms. The molecule has 3 aromatic rings. The molecule has 4 nitrogen and oxygen atoms in total. The minimum atomic E-state index is -0.288. The molecule has 1 N–H and O–H groups in total. The molecular formula is C15H9FN4. The van der Waals surface area contributed by atoms with E-state index in [1.54, 1.807) is 36.4 Å². The zero-order valence-electron chi connectivity index (χ0n) is 10.3. The van der Waals surface area contributed by atoms with E-state index in [9.17, 15) is 4.39 Å². The van der Waals surface area contributed by atoms with Gasteiger partial charge in [0.05, 0.1) is 5.52 Å². The lowest BCUT2D eigenvalue weighted by atomic mass is 10.2. The first kappa shape index (κ1) is 12.1. The van der Waals surface area contributed by atoms with Crippen LogP contribution >= 0.6 is 0 Å². The van der Waals surface area contributed by atoms with Crippen LogP contribution in [0.1, 0.15) is 17.0 Å².